The molecule has 27 heavy (non-hydrogen) atoms. The van der Waals surface area contributed by atoms with Crippen molar-refractivity contribution >= 4 is 12.2 Å². The van der Waals surface area contributed by atoms with E-state index in [1.165, 1.54) is 18.6 Å². The van der Waals surface area contributed by atoms with Crippen molar-refractivity contribution < 1.29 is 30.9 Å². The molecule has 0 saturated carbocycles. The molecule has 5 nitrogen and oxygen atoms in total. The van der Waals surface area contributed by atoms with Crippen molar-refractivity contribution in [1.82, 2.24) is 20.1 Å². The van der Waals surface area contributed by atoms with E-state index in [-0.39, 0.29) is 23.3 Å². The monoisotopic (exact) mass is 386 g/mol. The third-order valence-electron chi connectivity index (χ3n) is 3.26. The van der Waals surface area contributed by atoms with Gasteiger partial charge in [-0.3, -0.25) is 4.98 Å². The maximum atomic E-state index is 12.8. The van der Waals surface area contributed by atoms with Gasteiger partial charge in [0.1, 0.15) is 5.69 Å². The van der Waals surface area contributed by atoms with Crippen molar-refractivity contribution in [2.45, 2.75) is 12.4 Å². The Labute approximate surface area is 147 Å². The zero-order valence-corrected chi connectivity index (χ0v) is 13.1. The van der Waals surface area contributed by atoms with Crippen LogP contribution < -0.4 is 0 Å². The van der Waals surface area contributed by atoms with E-state index in [4.69, 9.17) is 4.52 Å². The Bertz CT molecular complexity index is 931. The average molecular weight is 386 g/mol. The first kappa shape index (κ1) is 18.5. The third-order valence-corrected chi connectivity index (χ3v) is 3.26. The van der Waals surface area contributed by atoms with Crippen molar-refractivity contribution in [1.29, 1.82) is 0 Å². The SMILES string of the molecule is FC(F)(F)c1cc(/C=C/c2nc(-c3cnccn3)no2)cc(C(F)(F)F)c1. The Morgan fingerprint density at radius 3 is 2.07 bits per heavy atom. The Hall–Kier alpha value is -3.24. The first-order valence-electron chi connectivity index (χ1n) is 7.20. The molecule has 0 radical (unpaired) electrons. The van der Waals surface area contributed by atoms with Gasteiger partial charge in [0.25, 0.3) is 5.89 Å². The molecule has 0 atom stereocenters. The lowest BCUT2D eigenvalue weighted by molar-refractivity contribution is -0.143. The van der Waals surface area contributed by atoms with Crippen LogP contribution in [0.5, 0.6) is 0 Å². The molecule has 3 aromatic rings. The van der Waals surface area contributed by atoms with E-state index in [0.29, 0.717) is 17.8 Å². The van der Waals surface area contributed by atoms with E-state index in [9.17, 15) is 26.3 Å². The van der Waals surface area contributed by atoms with Crippen molar-refractivity contribution in [3.8, 4) is 11.5 Å². The zero-order chi connectivity index (χ0) is 19.7. The van der Waals surface area contributed by atoms with Crippen LogP contribution in [0.2, 0.25) is 0 Å². The first-order valence-corrected chi connectivity index (χ1v) is 7.20. The highest BCUT2D eigenvalue weighted by atomic mass is 19.4. The lowest BCUT2D eigenvalue weighted by Crippen LogP contribution is -2.11. The van der Waals surface area contributed by atoms with Gasteiger partial charge in [-0.15, -0.1) is 0 Å². The standard InChI is InChI=1S/C16H8F6N4O/c17-15(18,19)10-5-9(6-11(7-10)16(20,21)22)1-2-13-25-14(26-27-13)12-8-23-3-4-24-12/h1-8H/b2-1+. The summed E-state index contributed by atoms with van der Waals surface area (Å²) in [5.74, 6) is -0.0515. The fourth-order valence-corrected chi connectivity index (χ4v) is 2.06. The molecule has 1 aromatic carbocycles. The summed E-state index contributed by atoms with van der Waals surface area (Å²) in [6, 6.07) is 1.23. The van der Waals surface area contributed by atoms with E-state index < -0.39 is 23.5 Å². The Morgan fingerprint density at radius 1 is 0.852 bits per heavy atom. The molecule has 0 unspecified atom stereocenters. The number of nitrogens with zero attached hydrogens (tertiary/aromatic N) is 4. The van der Waals surface area contributed by atoms with Gasteiger partial charge in [0.2, 0.25) is 5.82 Å². The van der Waals surface area contributed by atoms with Crippen LogP contribution in [0.1, 0.15) is 22.6 Å². The largest absolute Gasteiger partial charge is 0.416 e. The molecule has 0 bridgehead atoms. The number of benzene rings is 1. The van der Waals surface area contributed by atoms with Gasteiger partial charge in [0.15, 0.2) is 0 Å². The summed E-state index contributed by atoms with van der Waals surface area (Å²) in [6.07, 6.45) is -3.55. The van der Waals surface area contributed by atoms with Crippen LogP contribution in [0.15, 0.2) is 41.3 Å². The molecule has 0 N–H and O–H groups in total. The van der Waals surface area contributed by atoms with Crippen molar-refractivity contribution in [2.75, 3.05) is 0 Å². The molecule has 2 aromatic heterocycles. The fraction of sp³-hybridized carbons (Fsp3) is 0.125. The van der Waals surface area contributed by atoms with Crippen LogP contribution in [0, 0.1) is 0 Å². The van der Waals surface area contributed by atoms with Gasteiger partial charge in [-0.25, -0.2) is 4.98 Å². The molecular formula is C16H8F6N4O. The molecule has 0 fully saturated rings. The maximum Gasteiger partial charge on any atom is 0.416 e. The van der Waals surface area contributed by atoms with Gasteiger partial charge in [-0.2, -0.15) is 31.3 Å². The summed E-state index contributed by atoms with van der Waals surface area (Å²) in [6.45, 7) is 0. The van der Waals surface area contributed by atoms with Gasteiger partial charge in [0.05, 0.1) is 17.3 Å². The number of alkyl halides is 6. The zero-order valence-electron chi connectivity index (χ0n) is 13.1. The third kappa shape index (κ3) is 4.49. The summed E-state index contributed by atoms with van der Waals surface area (Å²) in [5.41, 5.74) is -2.86. The molecule has 11 heteroatoms. The van der Waals surface area contributed by atoms with Crippen LogP contribution in [0.25, 0.3) is 23.7 Å². The summed E-state index contributed by atoms with van der Waals surface area (Å²) >= 11 is 0. The fourth-order valence-electron chi connectivity index (χ4n) is 2.06. The van der Waals surface area contributed by atoms with E-state index in [2.05, 4.69) is 20.1 Å². The Morgan fingerprint density at radius 2 is 1.52 bits per heavy atom. The summed E-state index contributed by atoms with van der Waals surface area (Å²) in [5, 5.41) is 3.61. The Kier molecular flexibility index (Phi) is 4.68. The quantitative estimate of drug-likeness (QED) is 0.609. The van der Waals surface area contributed by atoms with E-state index in [1.54, 1.807) is 0 Å². The minimum absolute atomic E-state index is 0.0518. The van der Waals surface area contributed by atoms with Gasteiger partial charge in [0, 0.05) is 18.5 Å². The van der Waals surface area contributed by atoms with Crippen LogP contribution in [-0.4, -0.2) is 20.1 Å². The minimum Gasteiger partial charge on any atom is -0.334 e. The second-order valence-corrected chi connectivity index (χ2v) is 5.22. The molecule has 140 valence electrons. The smallest absolute Gasteiger partial charge is 0.334 e. The second kappa shape index (κ2) is 6.82. The first-order chi connectivity index (χ1) is 12.6. The highest BCUT2D eigenvalue weighted by molar-refractivity contribution is 5.67. The number of halogens is 6. The molecule has 0 aliphatic heterocycles. The van der Waals surface area contributed by atoms with Gasteiger partial charge in [-0.1, -0.05) is 5.16 Å². The highest BCUT2D eigenvalue weighted by Gasteiger charge is 2.36. The van der Waals surface area contributed by atoms with Gasteiger partial charge in [-0.05, 0) is 29.8 Å². The number of hydrogen-bond donors (Lipinski definition) is 0. The van der Waals surface area contributed by atoms with Crippen LogP contribution in [0.4, 0.5) is 26.3 Å². The minimum atomic E-state index is -4.92. The van der Waals surface area contributed by atoms with E-state index in [0.717, 1.165) is 12.2 Å². The number of aromatic nitrogens is 4. The van der Waals surface area contributed by atoms with E-state index in [1.807, 2.05) is 0 Å². The molecular weight excluding hydrogens is 378 g/mol. The topological polar surface area (TPSA) is 64.7 Å². The summed E-state index contributed by atoms with van der Waals surface area (Å²) < 4.78 is 81.9. The van der Waals surface area contributed by atoms with Crippen molar-refractivity contribution in [2.24, 2.45) is 0 Å². The molecule has 0 spiro atoms. The van der Waals surface area contributed by atoms with Crippen molar-refractivity contribution in [3.05, 3.63) is 59.4 Å². The van der Waals surface area contributed by atoms with E-state index >= 15 is 0 Å². The summed E-state index contributed by atoms with van der Waals surface area (Å²) in [4.78, 5) is 11.7. The second-order valence-electron chi connectivity index (χ2n) is 5.22. The van der Waals surface area contributed by atoms with Crippen LogP contribution in [-0.2, 0) is 12.4 Å². The van der Waals surface area contributed by atoms with Gasteiger partial charge < -0.3 is 4.52 Å². The van der Waals surface area contributed by atoms with Crippen molar-refractivity contribution in [3.63, 3.8) is 0 Å². The molecule has 0 amide bonds. The highest BCUT2D eigenvalue weighted by Crippen LogP contribution is 2.36. The molecule has 0 aliphatic rings. The summed E-state index contributed by atoms with van der Waals surface area (Å²) in [7, 11) is 0. The predicted molar refractivity (Wildman–Crippen MR) is 80.7 cm³/mol. The molecule has 0 aliphatic carbocycles. The lowest BCUT2D eigenvalue weighted by Gasteiger charge is -2.12. The van der Waals surface area contributed by atoms with Crippen LogP contribution >= 0.6 is 0 Å². The number of hydrogen-bond acceptors (Lipinski definition) is 5. The normalized spacial score (nSPS) is 12.7. The molecule has 3 rings (SSSR count). The number of rotatable bonds is 3. The van der Waals surface area contributed by atoms with Crippen LogP contribution in [0.3, 0.4) is 0 Å². The Balaban J connectivity index is 1.92. The molecule has 0 saturated heterocycles. The maximum absolute atomic E-state index is 12.8. The van der Waals surface area contributed by atoms with Gasteiger partial charge >= 0.3 is 12.4 Å². The lowest BCUT2D eigenvalue weighted by atomic mass is 10.0. The predicted octanol–water partition coefficient (Wildman–Crippen LogP) is 4.73. The average Bonchev–Trinajstić information content (AvgIpc) is 3.08. The molecule has 2 heterocycles.